The maximum Gasteiger partial charge on any atom is 0.228 e. The number of nitrogens with zero attached hydrogens (tertiary/aromatic N) is 3. The highest BCUT2D eigenvalue weighted by atomic mass is 35.5. The van der Waals surface area contributed by atoms with E-state index < -0.39 is 0 Å². The summed E-state index contributed by atoms with van der Waals surface area (Å²) in [7, 11) is 0. The van der Waals surface area contributed by atoms with E-state index >= 15 is 0 Å². The van der Waals surface area contributed by atoms with Gasteiger partial charge in [0.15, 0.2) is 0 Å². The van der Waals surface area contributed by atoms with Crippen LogP contribution in [-0.4, -0.2) is 60.9 Å². The number of piperazine rings is 1. The van der Waals surface area contributed by atoms with Crippen molar-refractivity contribution in [3.8, 4) is 0 Å². The summed E-state index contributed by atoms with van der Waals surface area (Å²) >= 11 is 6.17. The fourth-order valence-electron chi connectivity index (χ4n) is 3.41. The number of anilines is 1. The summed E-state index contributed by atoms with van der Waals surface area (Å²) in [5.41, 5.74) is 1.76. The lowest BCUT2D eigenvalue weighted by molar-refractivity contribution is -0.137. The maximum absolute atomic E-state index is 12.7. The van der Waals surface area contributed by atoms with E-state index in [4.69, 9.17) is 11.6 Å². The molecule has 2 fully saturated rings. The van der Waals surface area contributed by atoms with Gasteiger partial charge >= 0.3 is 0 Å². The second-order valence-electron chi connectivity index (χ2n) is 6.60. The van der Waals surface area contributed by atoms with Crippen LogP contribution in [0.3, 0.4) is 0 Å². The molecule has 5 nitrogen and oxygen atoms in total. The summed E-state index contributed by atoms with van der Waals surface area (Å²) in [4.78, 5) is 31.1. The molecule has 2 aliphatic heterocycles. The number of likely N-dealkylation sites (N-methyl/N-ethyl adjacent to an activating group) is 1. The van der Waals surface area contributed by atoms with E-state index in [0.717, 1.165) is 44.0 Å². The molecular weight excluding hydrogens is 326 g/mol. The number of halogens is 1. The van der Waals surface area contributed by atoms with Crippen molar-refractivity contribution in [3.63, 3.8) is 0 Å². The summed E-state index contributed by atoms with van der Waals surface area (Å²) in [6, 6.07) is 5.61. The molecule has 0 bridgehead atoms. The molecule has 2 aliphatic rings. The van der Waals surface area contributed by atoms with Crippen molar-refractivity contribution < 1.29 is 9.59 Å². The summed E-state index contributed by atoms with van der Waals surface area (Å²) in [5, 5.41) is 0.644. The first-order chi connectivity index (χ1) is 11.5. The van der Waals surface area contributed by atoms with E-state index in [1.165, 1.54) is 0 Å². The largest absolute Gasteiger partial charge is 0.340 e. The van der Waals surface area contributed by atoms with Gasteiger partial charge in [-0.1, -0.05) is 24.6 Å². The number of carbonyl (C=O) groups excluding carboxylic acids is 2. The fourth-order valence-corrected chi connectivity index (χ4v) is 3.59. The van der Waals surface area contributed by atoms with Crippen LogP contribution in [0, 0.1) is 12.8 Å². The van der Waals surface area contributed by atoms with Crippen LogP contribution in [-0.2, 0) is 9.59 Å². The van der Waals surface area contributed by atoms with Crippen molar-refractivity contribution >= 4 is 29.1 Å². The highest BCUT2D eigenvalue weighted by Crippen LogP contribution is 2.29. The zero-order valence-electron chi connectivity index (χ0n) is 14.3. The number of hydrogen-bond donors (Lipinski definition) is 0. The van der Waals surface area contributed by atoms with Crippen LogP contribution in [0.4, 0.5) is 5.69 Å². The number of benzene rings is 1. The topological polar surface area (TPSA) is 43.9 Å². The molecular formula is C18H24ClN3O2. The second-order valence-corrected chi connectivity index (χ2v) is 7.01. The minimum atomic E-state index is -0.245. The molecule has 1 atom stereocenters. The lowest BCUT2D eigenvalue weighted by Crippen LogP contribution is -2.50. The minimum absolute atomic E-state index is 0.000430. The molecule has 1 unspecified atom stereocenters. The van der Waals surface area contributed by atoms with Crippen molar-refractivity contribution in [3.05, 3.63) is 28.8 Å². The summed E-state index contributed by atoms with van der Waals surface area (Å²) in [5.74, 6) is -0.133. The minimum Gasteiger partial charge on any atom is -0.340 e. The van der Waals surface area contributed by atoms with Crippen LogP contribution < -0.4 is 4.90 Å². The summed E-state index contributed by atoms with van der Waals surface area (Å²) < 4.78 is 0. The van der Waals surface area contributed by atoms with Crippen LogP contribution in [0.5, 0.6) is 0 Å². The van der Waals surface area contributed by atoms with E-state index in [2.05, 4.69) is 11.8 Å². The molecule has 1 aromatic rings. The van der Waals surface area contributed by atoms with E-state index in [-0.39, 0.29) is 17.7 Å². The molecule has 0 saturated carbocycles. The van der Waals surface area contributed by atoms with Gasteiger partial charge in [-0.3, -0.25) is 9.59 Å². The third kappa shape index (κ3) is 3.42. The van der Waals surface area contributed by atoms with Crippen molar-refractivity contribution in [2.24, 2.45) is 5.92 Å². The van der Waals surface area contributed by atoms with Crippen molar-refractivity contribution in [2.75, 3.05) is 44.2 Å². The molecule has 0 spiro atoms. The average Bonchev–Trinajstić information content (AvgIpc) is 2.98. The molecule has 0 radical (unpaired) electrons. The molecule has 2 amide bonds. The van der Waals surface area contributed by atoms with Gasteiger partial charge in [0.25, 0.3) is 0 Å². The standard InChI is InChI=1S/C18H24ClN3O2/c1-3-20-6-8-21(9-7-20)18(24)14-10-17(23)22(12-14)15-5-4-13(2)16(19)11-15/h4-5,11,14H,3,6-10,12H2,1-2H3. The van der Waals surface area contributed by atoms with Gasteiger partial charge in [-0.05, 0) is 31.2 Å². The number of aryl methyl sites for hydroxylation is 1. The maximum atomic E-state index is 12.7. The molecule has 130 valence electrons. The molecule has 0 N–H and O–H groups in total. The molecule has 0 aromatic heterocycles. The van der Waals surface area contributed by atoms with E-state index in [1.54, 1.807) is 4.90 Å². The molecule has 0 aliphatic carbocycles. The molecule has 1 aromatic carbocycles. The monoisotopic (exact) mass is 349 g/mol. The highest BCUT2D eigenvalue weighted by Gasteiger charge is 2.37. The van der Waals surface area contributed by atoms with Gasteiger partial charge in [-0.15, -0.1) is 0 Å². The van der Waals surface area contributed by atoms with Crippen molar-refractivity contribution in [1.29, 1.82) is 0 Å². The second kappa shape index (κ2) is 7.11. The smallest absolute Gasteiger partial charge is 0.228 e. The lowest BCUT2D eigenvalue weighted by atomic mass is 10.1. The Morgan fingerprint density at radius 1 is 1.25 bits per heavy atom. The van der Waals surface area contributed by atoms with Gasteiger partial charge in [0, 0.05) is 49.9 Å². The Bertz CT molecular complexity index is 641. The van der Waals surface area contributed by atoms with Crippen LogP contribution in [0.2, 0.25) is 5.02 Å². The number of amides is 2. The van der Waals surface area contributed by atoms with Crippen molar-refractivity contribution in [1.82, 2.24) is 9.80 Å². The lowest BCUT2D eigenvalue weighted by Gasteiger charge is -2.35. The van der Waals surface area contributed by atoms with Crippen LogP contribution in [0.15, 0.2) is 18.2 Å². The zero-order chi connectivity index (χ0) is 17.3. The quantitative estimate of drug-likeness (QED) is 0.840. The number of hydrogen-bond acceptors (Lipinski definition) is 3. The molecule has 2 heterocycles. The zero-order valence-corrected chi connectivity index (χ0v) is 15.1. The van der Waals surface area contributed by atoms with Gasteiger partial charge in [0.1, 0.15) is 0 Å². The first-order valence-electron chi connectivity index (χ1n) is 8.57. The molecule has 3 rings (SSSR count). The summed E-state index contributed by atoms with van der Waals surface area (Å²) in [6.07, 6.45) is 0.290. The van der Waals surface area contributed by atoms with E-state index in [9.17, 15) is 9.59 Å². The predicted octanol–water partition coefficient (Wildman–Crippen LogP) is 2.17. The highest BCUT2D eigenvalue weighted by molar-refractivity contribution is 6.31. The van der Waals surface area contributed by atoms with Crippen LogP contribution in [0.1, 0.15) is 18.9 Å². The fraction of sp³-hybridized carbons (Fsp3) is 0.556. The first-order valence-corrected chi connectivity index (χ1v) is 8.95. The Balaban J connectivity index is 1.66. The van der Waals surface area contributed by atoms with E-state index in [1.807, 2.05) is 30.0 Å². The third-order valence-corrected chi connectivity index (χ3v) is 5.48. The first kappa shape index (κ1) is 17.2. The van der Waals surface area contributed by atoms with Gasteiger partial charge < -0.3 is 14.7 Å². The Hall–Kier alpha value is -1.59. The molecule has 2 saturated heterocycles. The van der Waals surface area contributed by atoms with Gasteiger partial charge in [-0.25, -0.2) is 0 Å². The van der Waals surface area contributed by atoms with Crippen LogP contribution in [0.25, 0.3) is 0 Å². The number of rotatable bonds is 3. The van der Waals surface area contributed by atoms with Crippen LogP contribution >= 0.6 is 11.6 Å². The Morgan fingerprint density at radius 3 is 2.58 bits per heavy atom. The third-order valence-electron chi connectivity index (χ3n) is 5.07. The van der Waals surface area contributed by atoms with E-state index in [0.29, 0.717) is 18.0 Å². The predicted molar refractivity (Wildman–Crippen MR) is 95.3 cm³/mol. The Morgan fingerprint density at radius 2 is 1.96 bits per heavy atom. The molecule has 6 heteroatoms. The van der Waals surface area contributed by atoms with Crippen molar-refractivity contribution in [2.45, 2.75) is 20.3 Å². The average molecular weight is 350 g/mol. The number of carbonyl (C=O) groups is 2. The Kier molecular flexibility index (Phi) is 5.11. The normalized spacial score (nSPS) is 22.3. The van der Waals surface area contributed by atoms with Gasteiger partial charge in [0.2, 0.25) is 11.8 Å². The Labute approximate surface area is 148 Å². The van der Waals surface area contributed by atoms with Gasteiger partial charge in [0.05, 0.1) is 5.92 Å². The molecule has 24 heavy (non-hydrogen) atoms. The van der Waals surface area contributed by atoms with Gasteiger partial charge in [-0.2, -0.15) is 0 Å². The summed E-state index contributed by atoms with van der Waals surface area (Å²) in [6.45, 7) is 8.89. The SMILES string of the molecule is CCN1CCN(C(=O)C2CC(=O)N(c3ccc(C)c(Cl)c3)C2)CC1.